The molecule has 3 rings (SSSR count). The molecule has 1 unspecified atom stereocenters. The van der Waals surface area contributed by atoms with Crippen molar-refractivity contribution in [2.24, 2.45) is 0 Å². The second-order valence-corrected chi connectivity index (χ2v) is 7.21. The maximum absolute atomic E-state index is 13.1. The zero-order valence-corrected chi connectivity index (χ0v) is 17.8. The Morgan fingerprint density at radius 3 is 2.56 bits per heavy atom. The highest BCUT2D eigenvalue weighted by Gasteiger charge is 2.32. The lowest BCUT2D eigenvalue weighted by Crippen LogP contribution is -2.41. The minimum absolute atomic E-state index is 0.0776. The number of benzene rings is 2. The largest absolute Gasteiger partial charge is 0.493 e. The van der Waals surface area contributed by atoms with Gasteiger partial charge in [-0.15, -0.1) is 0 Å². The van der Waals surface area contributed by atoms with E-state index >= 15 is 0 Å². The molecule has 0 saturated carbocycles. The number of halogens is 1. The van der Waals surface area contributed by atoms with Crippen LogP contribution in [0.4, 0.5) is 9.18 Å². The van der Waals surface area contributed by atoms with E-state index in [2.05, 4.69) is 5.32 Å². The molecule has 1 aliphatic heterocycles. The normalized spacial score (nSPS) is 16.1. The Labute approximate surface area is 185 Å². The Bertz CT molecular complexity index is 1010. The van der Waals surface area contributed by atoms with Gasteiger partial charge in [0.1, 0.15) is 11.9 Å². The number of nitrogens with one attached hydrogen (secondary N) is 1. The molecule has 1 N–H and O–H groups in total. The SMILES string of the molecule is COc1ccc(C(C#N)NC(=O)O[C@H]2CCCN2C(=O)Cc2ccc(F)cc2)cc1OC. The molecular formula is C23H24FN3O5. The summed E-state index contributed by atoms with van der Waals surface area (Å²) in [6.07, 6.45) is -0.278. The van der Waals surface area contributed by atoms with Crippen LogP contribution >= 0.6 is 0 Å². The average Bonchev–Trinajstić information content (AvgIpc) is 3.26. The van der Waals surface area contributed by atoms with E-state index in [9.17, 15) is 19.2 Å². The summed E-state index contributed by atoms with van der Waals surface area (Å²) in [5, 5.41) is 12.0. The lowest BCUT2D eigenvalue weighted by molar-refractivity contribution is -0.137. The van der Waals surface area contributed by atoms with Gasteiger partial charge in [-0.1, -0.05) is 18.2 Å². The van der Waals surface area contributed by atoms with Gasteiger partial charge in [0.2, 0.25) is 5.91 Å². The van der Waals surface area contributed by atoms with Gasteiger partial charge in [-0.05, 0) is 41.8 Å². The molecule has 0 aliphatic carbocycles. The molecule has 2 amide bonds. The zero-order valence-electron chi connectivity index (χ0n) is 17.8. The molecule has 2 atom stereocenters. The first-order valence-corrected chi connectivity index (χ1v) is 10.1. The highest BCUT2D eigenvalue weighted by atomic mass is 19.1. The number of nitriles is 1. The molecule has 0 radical (unpaired) electrons. The molecule has 9 heteroatoms. The van der Waals surface area contributed by atoms with E-state index in [-0.39, 0.29) is 18.1 Å². The summed E-state index contributed by atoms with van der Waals surface area (Å²) >= 11 is 0. The fourth-order valence-electron chi connectivity index (χ4n) is 3.52. The third-order valence-corrected chi connectivity index (χ3v) is 5.16. The molecule has 0 aromatic heterocycles. The molecule has 0 spiro atoms. The summed E-state index contributed by atoms with van der Waals surface area (Å²) in [7, 11) is 2.97. The molecule has 1 heterocycles. The molecule has 2 aromatic carbocycles. The van der Waals surface area contributed by atoms with Crippen LogP contribution in [-0.4, -0.2) is 43.9 Å². The van der Waals surface area contributed by atoms with Gasteiger partial charge in [0, 0.05) is 13.0 Å². The van der Waals surface area contributed by atoms with E-state index in [4.69, 9.17) is 14.2 Å². The molecular weight excluding hydrogens is 417 g/mol. The van der Waals surface area contributed by atoms with Crippen molar-refractivity contribution in [3.63, 3.8) is 0 Å². The fraction of sp³-hybridized carbons (Fsp3) is 0.348. The Hall–Kier alpha value is -3.80. The molecule has 1 aliphatic rings. The van der Waals surface area contributed by atoms with Crippen LogP contribution in [0.15, 0.2) is 42.5 Å². The number of hydrogen-bond acceptors (Lipinski definition) is 6. The first-order chi connectivity index (χ1) is 15.4. The summed E-state index contributed by atoms with van der Waals surface area (Å²) < 4.78 is 28.9. The van der Waals surface area contributed by atoms with E-state index in [1.54, 1.807) is 30.3 Å². The fourth-order valence-corrected chi connectivity index (χ4v) is 3.52. The summed E-state index contributed by atoms with van der Waals surface area (Å²) in [5.74, 6) is 0.330. The summed E-state index contributed by atoms with van der Waals surface area (Å²) in [5.41, 5.74) is 1.17. The molecule has 168 valence electrons. The number of carbonyl (C=O) groups is 2. The van der Waals surface area contributed by atoms with E-state index < -0.39 is 18.4 Å². The first kappa shape index (κ1) is 22.9. The summed E-state index contributed by atoms with van der Waals surface area (Å²) in [6, 6.07) is 11.6. The number of hydrogen-bond donors (Lipinski definition) is 1. The monoisotopic (exact) mass is 441 g/mol. The van der Waals surface area contributed by atoms with Crippen molar-refractivity contribution in [3.05, 3.63) is 59.4 Å². The van der Waals surface area contributed by atoms with Crippen molar-refractivity contribution in [1.29, 1.82) is 5.26 Å². The number of nitrogens with zero attached hydrogens (tertiary/aromatic N) is 2. The number of ether oxygens (including phenoxy) is 3. The molecule has 0 bridgehead atoms. The number of alkyl carbamates (subject to hydrolysis) is 1. The summed E-state index contributed by atoms with van der Waals surface area (Å²) in [4.78, 5) is 26.6. The van der Waals surface area contributed by atoms with Crippen molar-refractivity contribution < 1.29 is 28.2 Å². The summed E-state index contributed by atoms with van der Waals surface area (Å²) in [6.45, 7) is 0.454. The predicted molar refractivity (Wildman–Crippen MR) is 112 cm³/mol. The van der Waals surface area contributed by atoms with Crippen molar-refractivity contribution in [2.75, 3.05) is 20.8 Å². The standard InChI is InChI=1S/C23H24FN3O5/c1-30-19-10-7-16(13-20(19)31-2)18(14-25)26-23(29)32-22-4-3-11-27(22)21(28)12-15-5-8-17(24)9-6-15/h5-10,13,18,22H,3-4,11-12H2,1-2H3,(H,26,29)/t18?,22-/m0/s1. The minimum Gasteiger partial charge on any atom is -0.493 e. The molecule has 2 aromatic rings. The van der Waals surface area contributed by atoms with Crippen LogP contribution in [0, 0.1) is 17.1 Å². The highest BCUT2D eigenvalue weighted by Crippen LogP contribution is 2.30. The quantitative estimate of drug-likeness (QED) is 0.707. The van der Waals surface area contributed by atoms with Crippen LogP contribution in [-0.2, 0) is 16.0 Å². The first-order valence-electron chi connectivity index (χ1n) is 10.1. The van der Waals surface area contributed by atoms with Crippen molar-refractivity contribution in [1.82, 2.24) is 10.2 Å². The van der Waals surface area contributed by atoms with Crippen LogP contribution < -0.4 is 14.8 Å². The van der Waals surface area contributed by atoms with Gasteiger partial charge in [-0.2, -0.15) is 5.26 Å². The Morgan fingerprint density at radius 1 is 1.19 bits per heavy atom. The minimum atomic E-state index is -0.980. The molecule has 1 saturated heterocycles. The van der Waals surface area contributed by atoms with Gasteiger partial charge >= 0.3 is 6.09 Å². The molecule has 1 fully saturated rings. The Kier molecular flexibility index (Phi) is 7.49. The molecule has 8 nitrogen and oxygen atoms in total. The number of rotatable bonds is 7. The Morgan fingerprint density at radius 2 is 1.91 bits per heavy atom. The number of likely N-dealkylation sites (tertiary alicyclic amines) is 1. The van der Waals surface area contributed by atoms with Crippen LogP contribution in [0.1, 0.15) is 30.0 Å². The van der Waals surface area contributed by atoms with Crippen molar-refractivity contribution >= 4 is 12.0 Å². The van der Waals surface area contributed by atoms with Gasteiger partial charge in [0.25, 0.3) is 0 Å². The van der Waals surface area contributed by atoms with E-state index in [0.717, 1.165) is 0 Å². The number of carbonyl (C=O) groups excluding carboxylic acids is 2. The lowest BCUT2D eigenvalue weighted by atomic mass is 10.1. The predicted octanol–water partition coefficient (Wildman–Crippen LogP) is 3.32. The van der Waals surface area contributed by atoms with Crippen LogP contribution in [0.25, 0.3) is 0 Å². The highest BCUT2D eigenvalue weighted by molar-refractivity contribution is 5.79. The van der Waals surface area contributed by atoms with Gasteiger partial charge in [0.05, 0.1) is 26.7 Å². The van der Waals surface area contributed by atoms with E-state index in [1.807, 2.05) is 6.07 Å². The second-order valence-electron chi connectivity index (χ2n) is 7.21. The van der Waals surface area contributed by atoms with Crippen molar-refractivity contribution in [2.45, 2.75) is 31.5 Å². The van der Waals surface area contributed by atoms with Crippen LogP contribution in [0.3, 0.4) is 0 Å². The number of amides is 2. The van der Waals surface area contributed by atoms with Gasteiger partial charge < -0.3 is 24.4 Å². The Balaban J connectivity index is 1.62. The topological polar surface area (TPSA) is 101 Å². The maximum atomic E-state index is 13.1. The van der Waals surface area contributed by atoms with Gasteiger partial charge in [-0.25, -0.2) is 9.18 Å². The number of methoxy groups -OCH3 is 2. The third-order valence-electron chi connectivity index (χ3n) is 5.16. The van der Waals surface area contributed by atoms with E-state index in [0.29, 0.717) is 42.0 Å². The zero-order chi connectivity index (χ0) is 23.1. The van der Waals surface area contributed by atoms with Gasteiger partial charge in [0.15, 0.2) is 17.7 Å². The van der Waals surface area contributed by atoms with Crippen molar-refractivity contribution in [3.8, 4) is 17.6 Å². The average molecular weight is 441 g/mol. The maximum Gasteiger partial charge on any atom is 0.410 e. The lowest BCUT2D eigenvalue weighted by Gasteiger charge is -2.25. The van der Waals surface area contributed by atoms with Gasteiger partial charge in [-0.3, -0.25) is 4.79 Å². The second kappa shape index (κ2) is 10.5. The van der Waals surface area contributed by atoms with E-state index in [1.165, 1.54) is 31.3 Å². The van der Waals surface area contributed by atoms with Crippen LogP contribution in [0.2, 0.25) is 0 Å². The molecule has 32 heavy (non-hydrogen) atoms. The van der Waals surface area contributed by atoms with Crippen LogP contribution in [0.5, 0.6) is 11.5 Å². The third kappa shape index (κ3) is 5.46. The smallest absolute Gasteiger partial charge is 0.410 e.